The maximum Gasteiger partial charge on any atom is 0.146 e. The molecule has 1 aromatic rings. The molecule has 0 saturated carbocycles. The molecule has 104 valence electrons. The molecule has 2 aliphatic heterocycles. The molecule has 4 heteroatoms. The van der Waals surface area contributed by atoms with E-state index in [-0.39, 0.29) is 11.9 Å². The number of nitrogens with two attached hydrogens (primary N) is 1. The van der Waals surface area contributed by atoms with Gasteiger partial charge in [0.25, 0.3) is 0 Å². The normalized spacial score (nSPS) is 25.4. The van der Waals surface area contributed by atoms with Crippen LogP contribution in [0.5, 0.6) is 0 Å². The standard InChI is InChI=1S/C15H22FN3/c1-11(17)13-5-2-6-14(16)15(13)19-9-8-18-7-3-4-12(18)10-19/h2,5-6,11-12H,3-4,7-10,17H2,1H3/t11-,12?/m1/s1. The Kier molecular flexibility index (Phi) is 3.46. The van der Waals surface area contributed by atoms with Crippen LogP contribution in [0, 0.1) is 5.82 Å². The molecule has 3 rings (SSSR count). The van der Waals surface area contributed by atoms with Crippen molar-refractivity contribution >= 4 is 5.69 Å². The third-order valence-electron chi connectivity index (χ3n) is 4.41. The fraction of sp³-hybridized carbons (Fsp3) is 0.600. The molecule has 0 radical (unpaired) electrons. The number of hydrogen-bond donors (Lipinski definition) is 1. The molecule has 0 bridgehead atoms. The van der Waals surface area contributed by atoms with Gasteiger partial charge in [0.1, 0.15) is 5.82 Å². The van der Waals surface area contributed by atoms with Gasteiger partial charge in [0.05, 0.1) is 5.69 Å². The molecule has 3 nitrogen and oxygen atoms in total. The Morgan fingerprint density at radius 1 is 1.32 bits per heavy atom. The van der Waals surface area contributed by atoms with Crippen molar-refractivity contribution in [3.63, 3.8) is 0 Å². The highest BCUT2D eigenvalue weighted by atomic mass is 19.1. The number of benzene rings is 1. The first kappa shape index (κ1) is 12.9. The van der Waals surface area contributed by atoms with Gasteiger partial charge in [-0.25, -0.2) is 4.39 Å². The van der Waals surface area contributed by atoms with Crippen molar-refractivity contribution < 1.29 is 4.39 Å². The van der Waals surface area contributed by atoms with Crippen LogP contribution in [0.25, 0.3) is 0 Å². The molecule has 19 heavy (non-hydrogen) atoms. The lowest BCUT2D eigenvalue weighted by atomic mass is 10.0. The van der Waals surface area contributed by atoms with Gasteiger partial charge in [0.2, 0.25) is 0 Å². The Bertz CT molecular complexity index is 461. The summed E-state index contributed by atoms with van der Waals surface area (Å²) in [7, 11) is 0. The maximum absolute atomic E-state index is 14.2. The number of fused-ring (bicyclic) bond motifs is 1. The molecular formula is C15H22FN3. The molecule has 2 saturated heterocycles. The Balaban J connectivity index is 1.89. The first-order chi connectivity index (χ1) is 9.16. The molecule has 1 aromatic carbocycles. The van der Waals surface area contributed by atoms with Crippen LogP contribution in [-0.4, -0.2) is 37.1 Å². The summed E-state index contributed by atoms with van der Waals surface area (Å²) in [6, 6.07) is 5.71. The van der Waals surface area contributed by atoms with E-state index in [1.54, 1.807) is 12.1 Å². The average Bonchev–Trinajstić information content (AvgIpc) is 2.85. The predicted octanol–water partition coefficient (Wildman–Crippen LogP) is 2.13. The monoisotopic (exact) mass is 263 g/mol. The van der Waals surface area contributed by atoms with E-state index in [0.717, 1.165) is 30.9 Å². The van der Waals surface area contributed by atoms with Crippen LogP contribution in [0.1, 0.15) is 31.4 Å². The van der Waals surface area contributed by atoms with E-state index in [0.29, 0.717) is 6.04 Å². The van der Waals surface area contributed by atoms with Crippen LogP contribution in [-0.2, 0) is 0 Å². The minimum Gasteiger partial charge on any atom is -0.366 e. The third kappa shape index (κ3) is 2.35. The summed E-state index contributed by atoms with van der Waals surface area (Å²) in [6.07, 6.45) is 2.51. The van der Waals surface area contributed by atoms with Crippen molar-refractivity contribution in [1.82, 2.24) is 4.90 Å². The lowest BCUT2D eigenvalue weighted by Gasteiger charge is -2.40. The molecule has 2 atom stereocenters. The molecule has 2 fully saturated rings. The van der Waals surface area contributed by atoms with Crippen LogP contribution in [0.3, 0.4) is 0 Å². The Hall–Kier alpha value is -1.13. The fourth-order valence-electron chi connectivity index (χ4n) is 3.43. The van der Waals surface area contributed by atoms with E-state index >= 15 is 0 Å². The van der Waals surface area contributed by atoms with Crippen molar-refractivity contribution in [2.24, 2.45) is 5.73 Å². The number of nitrogens with zero attached hydrogens (tertiary/aromatic N) is 2. The van der Waals surface area contributed by atoms with Gasteiger partial charge in [0, 0.05) is 31.7 Å². The van der Waals surface area contributed by atoms with Gasteiger partial charge in [-0.3, -0.25) is 4.90 Å². The number of para-hydroxylation sites is 1. The fourth-order valence-corrected chi connectivity index (χ4v) is 3.43. The second-order valence-electron chi connectivity index (χ2n) is 5.74. The SMILES string of the molecule is C[C@@H](N)c1cccc(F)c1N1CCN2CCCC2C1. The zero-order valence-corrected chi connectivity index (χ0v) is 11.5. The molecule has 0 aromatic heterocycles. The van der Waals surface area contributed by atoms with Crippen molar-refractivity contribution in [1.29, 1.82) is 0 Å². The first-order valence-corrected chi connectivity index (χ1v) is 7.20. The van der Waals surface area contributed by atoms with E-state index in [1.807, 2.05) is 13.0 Å². The van der Waals surface area contributed by atoms with E-state index in [1.165, 1.54) is 19.4 Å². The second-order valence-corrected chi connectivity index (χ2v) is 5.74. The number of piperazine rings is 1. The van der Waals surface area contributed by atoms with E-state index < -0.39 is 0 Å². The molecule has 0 amide bonds. The zero-order valence-electron chi connectivity index (χ0n) is 11.5. The Morgan fingerprint density at radius 3 is 2.95 bits per heavy atom. The summed E-state index contributed by atoms with van der Waals surface area (Å²) in [5.41, 5.74) is 7.64. The van der Waals surface area contributed by atoms with Gasteiger partial charge >= 0.3 is 0 Å². The summed E-state index contributed by atoms with van der Waals surface area (Å²) in [5.74, 6) is -0.138. The molecule has 0 aliphatic carbocycles. The minimum absolute atomic E-state index is 0.132. The van der Waals surface area contributed by atoms with Crippen molar-refractivity contribution in [3.05, 3.63) is 29.6 Å². The predicted molar refractivity (Wildman–Crippen MR) is 75.8 cm³/mol. The van der Waals surface area contributed by atoms with Gasteiger partial charge in [-0.05, 0) is 37.9 Å². The van der Waals surface area contributed by atoms with Crippen LogP contribution >= 0.6 is 0 Å². The van der Waals surface area contributed by atoms with E-state index in [4.69, 9.17) is 5.73 Å². The highest BCUT2D eigenvalue weighted by Gasteiger charge is 2.32. The smallest absolute Gasteiger partial charge is 0.146 e. The van der Waals surface area contributed by atoms with Gasteiger partial charge in [-0.2, -0.15) is 0 Å². The molecule has 1 unspecified atom stereocenters. The number of rotatable bonds is 2. The summed E-state index contributed by atoms with van der Waals surface area (Å²) < 4.78 is 14.2. The van der Waals surface area contributed by atoms with Crippen LogP contribution in [0.2, 0.25) is 0 Å². The lowest BCUT2D eigenvalue weighted by Crippen LogP contribution is -2.50. The maximum atomic E-state index is 14.2. The van der Waals surface area contributed by atoms with Crippen molar-refractivity contribution in [2.45, 2.75) is 31.8 Å². The van der Waals surface area contributed by atoms with Crippen LogP contribution in [0.15, 0.2) is 18.2 Å². The lowest BCUT2D eigenvalue weighted by molar-refractivity contribution is 0.230. The summed E-state index contributed by atoms with van der Waals surface area (Å²) in [5, 5.41) is 0. The molecule has 2 aliphatic rings. The van der Waals surface area contributed by atoms with Crippen molar-refractivity contribution in [2.75, 3.05) is 31.1 Å². The van der Waals surface area contributed by atoms with Gasteiger partial charge in [-0.1, -0.05) is 12.1 Å². The first-order valence-electron chi connectivity index (χ1n) is 7.20. The summed E-state index contributed by atoms with van der Waals surface area (Å²) >= 11 is 0. The van der Waals surface area contributed by atoms with E-state index in [2.05, 4.69) is 9.80 Å². The molecule has 2 heterocycles. The largest absolute Gasteiger partial charge is 0.366 e. The zero-order chi connectivity index (χ0) is 13.4. The highest BCUT2D eigenvalue weighted by molar-refractivity contribution is 5.56. The number of halogens is 1. The Labute approximate surface area is 114 Å². The van der Waals surface area contributed by atoms with Crippen LogP contribution < -0.4 is 10.6 Å². The minimum atomic E-state index is -0.138. The van der Waals surface area contributed by atoms with Crippen LogP contribution in [0.4, 0.5) is 10.1 Å². The van der Waals surface area contributed by atoms with Gasteiger partial charge in [0.15, 0.2) is 0 Å². The van der Waals surface area contributed by atoms with Gasteiger partial charge < -0.3 is 10.6 Å². The highest BCUT2D eigenvalue weighted by Crippen LogP contribution is 2.32. The Morgan fingerprint density at radius 2 is 2.16 bits per heavy atom. The van der Waals surface area contributed by atoms with Crippen molar-refractivity contribution in [3.8, 4) is 0 Å². The second kappa shape index (κ2) is 5.10. The number of hydrogen-bond acceptors (Lipinski definition) is 3. The average molecular weight is 263 g/mol. The quantitative estimate of drug-likeness (QED) is 0.887. The molecule has 2 N–H and O–H groups in total. The summed E-state index contributed by atoms with van der Waals surface area (Å²) in [6.45, 7) is 6.00. The van der Waals surface area contributed by atoms with Gasteiger partial charge in [-0.15, -0.1) is 0 Å². The van der Waals surface area contributed by atoms with E-state index in [9.17, 15) is 4.39 Å². The molecular weight excluding hydrogens is 241 g/mol. The number of anilines is 1. The topological polar surface area (TPSA) is 32.5 Å². The molecule has 0 spiro atoms. The third-order valence-corrected chi connectivity index (χ3v) is 4.41. The summed E-state index contributed by atoms with van der Waals surface area (Å²) in [4.78, 5) is 4.73.